The summed E-state index contributed by atoms with van der Waals surface area (Å²) in [7, 11) is 0. The third-order valence-electron chi connectivity index (χ3n) is 2.27. The van der Waals surface area contributed by atoms with E-state index in [1.165, 1.54) is 12.1 Å². The van der Waals surface area contributed by atoms with E-state index < -0.39 is 11.0 Å². The molecule has 4 nitrogen and oxygen atoms in total. The zero-order valence-electron chi connectivity index (χ0n) is 8.73. The van der Waals surface area contributed by atoms with E-state index in [1.807, 2.05) is 0 Å². The fraction of sp³-hybridized carbons (Fsp3) is 0.273. The van der Waals surface area contributed by atoms with Crippen molar-refractivity contribution in [3.63, 3.8) is 0 Å². The van der Waals surface area contributed by atoms with E-state index >= 15 is 0 Å². The maximum absolute atomic E-state index is 10.8. The second-order valence-electron chi connectivity index (χ2n) is 3.43. The minimum Gasteiger partial charge on any atom is -0.324 e. The van der Waals surface area contributed by atoms with Gasteiger partial charge < -0.3 is 5.73 Å². The number of allylic oxidation sites excluding steroid dienone is 1. The summed E-state index contributed by atoms with van der Waals surface area (Å²) in [4.78, 5) is 10.4. The molecule has 0 aliphatic carbocycles. The van der Waals surface area contributed by atoms with Crippen molar-refractivity contribution >= 4 is 17.3 Å². The molecular formula is C11H13ClN2O2. The van der Waals surface area contributed by atoms with Gasteiger partial charge in [0.2, 0.25) is 0 Å². The van der Waals surface area contributed by atoms with Crippen LogP contribution in [-0.4, -0.2) is 4.92 Å². The van der Waals surface area contributed by atoms with Gasteiger partial charge in [0.15, 0.2) is 0 Å². The first-order chi connectivity index (χ1) is 7.56. The lowest BCUT2D eigenvalue weighted by atomic mass is 10.0. The molecule has 1 aromatic rings. The molecule has 2 N–H and O–H groups in total. The van der Waals surface area contributed by atoms with Crippen molar-refractivity contribution in [1.82, 2.24) is 0 Å². The van der Waals surface area contributed by atoms with Crippen LogP contribution in [0.4, 0.5) is 5.69 Å². The van der Waals surface area contributed by atoms with Gasteiger partial charge in [-0.3, -0.25) is 10.1 Å². The highest BCUT2D eigenvalue weighted by Crippen LogP contribution is 2.29. The molecule has 1 rings (SSSR count). The van der Waals surface area contributed by atoms with Gasteiger partial charge in [-0.25, -0.2) is 0 Å². The lowest BCUT2D eigenvalue weighted by molar-refractivity contribution is -0.385. The monoisotopic (exact) mass is 240 g/mol. The third kappa shape index (κ3) is 3.05. The van der Waals surface area contributed by atoms with Gasteiger partial charge in [-0.2, -0.15) is 0 Å². The molecule has 1 aromatic carbocycles. The number of benzene rings is 1. The summed E-state index contributed by atoms with van der Waals surface area (Å²) in [6.45, 7) is 3.59. The first-order valence-electron chi connectivity index (χ1n) is 4.86. The molecule has 0 aliphatic heterocycles. The number of nitrogens with two attached hydrogens (primary N) is 1. The van der Waals surface area contributed by atoms with E-state index in [0.29, 0.717) is 23.4 Å². The van der Waals surface area contributed by atoms with E-state index in [-0.39, 0.29) is 5.69 Å². The van der Waals surface area contributed by atoms with Crippen LogP contribution in [0.25, 0.3) is 0 Å². The Morgan fingerprint density at radius 1 is 1.62 bits per heavy atom. The van der Waals surface area contributed by atoms with Gasteiger partial charge in [0.25, 0.3) is 5.69 Å². The summed E-state index contributed by atoms with van der Waals surface area (Å²) in [5, 5.41) is 11.3. The number of nitro groups is 1. The van der Waals surface area contributed by atoms with Gasteiger partial charge >= 0.3 is 0 Å². The van der Waals surface area contributed by atoms with Gasteiger partial charge in [0.05, 0.1) is 4.92 Å². The average Bonchev–Trinajstić information content (AvgIpc) is 2.25. The molecule has 0 aliphatic rings. The van der Waals surface area contributed by atoms with Crippen LogP contribution in [0.1, 0.15) is 24.4 Å². The second-order valence-corrected chi connectivity index (χ2v) is 3.87. The van der Waals surface area contributed by atoms with Crippen molar-refractivity contribution in [1.29, 1.82) is 0 Å². The summed E-state index contributed by atoms with van der Waals surface area (Å²) >= 11 is 5.80. The number of nitrogens with zero attached hydrogens (tertiary/aromatic N) is 1. The third-order valence-corrected chi connectivity index (χ3v) is 2.50. The molecule has 0 unspecified atom stereocenters. The summed E-state index contributed by atoms with van der Waals surface area (Å²) in [5.41, 5.74) is 6.36. The molecule has 5 heteroatoms. The standard InChI is InChI=1S/C11H13ClN2O2/c1-2-3-4-10(13)9-7-8(12)5-6-11(9)14(15)16/h2,5-7,10H,1,3-4,13H2/t10-/m0/s1. The summed E-state index contributed by atoms with van der Waals surface area (Å²) < 4.78 is 0. The molecule has 0 bridgehead atoms. The normalized spacial score (nSPS) is 12.1. The minimum atomic E-state index is -0.445. The predicted molar refractivity (Wildman–Crippen MR) is 64.5 cm³/mol. The molecule has 0 heterocycles. The van der Waals surface area contributed by atoms with Crippen molar-refractivity contribution in [3.8, 4) is 0 Å². The Morgan fingerprint density at radius 3 is 2.88 bits per heavy atom. The van der Waals surface area contributed by atoms with Crippen LogP contribution in [0.5, 0.6) is 0 Å². The first kappa shape index (κ1) is 12.7. The Kier molecular flexibility index (Phi) is 4.46. The highest BCUT2D eigenvalue weighted by atomic mass is 35.5. The van der Waals surface area contributed by atoms with Gasteiger partial charge in [-0.1, -0.05) is 17.7 Å². The van der Waals surface area contributed by atoms with Crippen LogP contribution in [0.3, 0.4) is 0 Å². The summed E-state index contributed by atoms with van der Waals surface area (Å²) in [6, 6.07) is 4.03. The van der Waals surface area contributed by atoms with E-state index in [1.54, 1.807) is 12.1 Å². The highest BCUT2D eigenvalue weighted by Gasteiger charge is 2.18. The highest BCUT2D eigenvalue weighted by molar-refractivity contribution is 6.30. The average molecular weight is 241 g/mol. The molecule has 0 fully saturated rings. The zero-order chi connectivity index (χ0) is 12.1. The second kappa shape index (κ2) is 5.63. The summed E-state index contributed by atoms with van der Waals surface area (Å²) in [5.74, 6) is 0. The number of nitro benzene ring substituents is 1. The van der Waals surface area contributed by atoms with E-state index in [2.05, 4.69) is 6.58 Å². The Bertz CT molecular complexity index is 407. The lowest BCUT2D eigenvalue weighted by Crippen LogP contribution is -2.12. The molecule has 0 spiro atoms. The fourth-order valence-corrected chi connectivity index (χ4v) is 1.62. The number of halogens is 1. The molecular weight excluding hydrogens is 228 g/mol. The molecule has 0 radical (unpaired) electrons. The van der Waals surface area contributed by atoms with Crippen molar-refractivity contribution < 1.29 is 4.92 Å². The molecule has 0 saturated heterocycles. The Balaban J connectivity index is 3.03. The zero-order valence-corrected chi connectivity index (χ0v) is 9.48. The molecule has 86 valence electrons. The van der Waals surface area contributed by atoms with Crippen molar-refractivity contribution in [3.05, 3.63) is 51.6 Å². The first-order valence-corrected chi connectivity index (χ1v) is 5.24. The van der Waals surface area contributed by atoms with Crippen molar-refractivity contribution in [2.24, 2.45) is 5.73 Å². The van der Waals surface area contributed by atoms with E-state index in [4.69, 9.17) is 17.3 Å². The Labute approximate surface area is 98.9 Å². The van der Waals surface area contributed by atoms with Crippen LogP contribution < -0.4 is 5.73 Å². The van der Waals surface area contributed by atoms with Crippen LogP contribution in [-0.2, 0) is 0 Å². The molecule has 0 saturated carbocycles. The predicted octanol–water partition coefficient (Wildman–Crippen LogP) is 3.21. The lowest BCUT2D eigenvalue weighted by Gasteiger charge is -2.11. The SMILES string of the molecule is C=CCC[C@H](N)c1cc(Cl)ccc1[N+](=O)[O-]. The van der Waals surface area contributed by atoms with Crippen LogP contribution in [0.15, 0.2) is 30.9 Å². The van der Waals surface area contributed by atoms with E-state index in [9.17, 15) is 10.1 Å². The molecule has 0 aromatic heterocycles. The quantitative estimate of drug-likeness (QED) is 0.488. The topological polar surface area (TPSA) is 69.2 Å². The fourth-order valence-electron chi connectivity index (χ4n) is 1.44. The van der Waals surface area contributed by atoms with Gasteiger partial charge in [-0.05, 0) is 25.0 Å². The maximum Gasteiger partial charge on any atom is 0.274 e. The van der Waals surface area contributed by atoms with E-state index in [0.717, 1.165) is 0 Å². The van der Waals surface area contributed by atoms with Crippen molar-refractivity contribution in [2.45, 2.75) is 18.9 Å². The smallest absolute Gasteiger partial charge is 0.274 e. The summed E-state index contributed by atoms with van der Waals surface area (Å²) in [6.07, 6.45) is 3.06. The van der Waals surface area contributed by atoms with Crippen LogP contribution >= 0.6 is 11.6 Å². The molecule has 0 amide bonds. The van der Waals surface area contributed by atoms with Gasteiger partial charge in [0, 0.05) is 22.7 Å². The number of hydrogen-bond acceptors (Lipinski definition) is 3. The number of rotatable bonds is 5. The number of hydrogen-bond donors (Lipinski definition) is 1. The van der Waals surface area contributed by atoms with Crippen molar-refractivity contribution in [2.75, 3.05) is 0 Å². The molecule has 16 heavy (non-hydrogen) atoms. The Morgan fingerprint density at radius 2 is 2.31 bits per heavy atom. The minimum absolute atomic E-state index is 0.0148. The maximum atomic E-state index is 10.8. The molecule has 1 atom stereocenters. The van der Waals surface area contributed by atoms with Gasteiger partial charge in [-0.15, -0.1) is 6.58 Å². The largest absolute Gasteiger partial charge is 0.324 e. The van der Waals surface area contributed by atoms with Crippen LogP contribution in [0, 0.1) is 10.1 Å². The Hall–Kier alpha value is -1.39. The van der Waals surface area contributed by atoms with Crippen LogP contribution in [0.2, 0.25) is 5.02 Å². The van der Waals surface area contributed by atoms with Gasteiger partial charge in [0.1, 0.15) is 0 Å².